The fourth-order valence-corrected chi connectivity index (χ4v) is 9.75. The van der Waals surface area contributed by atoms with Crippen molar-refractivity contribution in [3.8, 4) is 5.75 Å². The second-order valence-electron chi connectivity index (χ2n) is 13.9. The fraction of sp³-hybridized carbons (Fsp3) is 0.500. The zero-order chi connectivity index (χ0) is 30.3. The highest BCUT2D eigenvalue weighted by Gasteiger charge is 2.75. The number of rotatable bonds is 5. The minimum atomic E-state index is -1.42. The number of ketones is 2. The lowest BCUT2D eigenvalue weighted by molar-refractivity contribution is -0.201. The number of fused-ring (bicyclic) bond motifs is 7. The second kappa shape index (κ2) is 9.96. The van der Waals surface area contributed by atoms with Crippen LogP contribution in [0.4, 0.5) is 0 Å². The van der Waals surface area contributed by atoms with Crippen molar-refractivity contribution in [2.24, 2.45) is 28.6 Å². The number of carbonyl (C=O) groups excluding carboxylic acids is 2. The standard InChI is InChI=1S/C36H40O7/c1-20-5-4-6-21(13-20)14-22-7-8-23(15-28(22)39)33-42-31-17-27-26-10-9-24-16-25(38)11-12-34(24,2)32(26)29(40)18-35(27,3)36(31,43-33)30(41)19-37/h4-8,11-13,15-16,26-27,29,31-33,37,39-40H,9-10,14,17-19H2,1-3H3/t26-,27-,29-,31+,32+,33+,34-,35-,36+/m0/s1. The number of aromatic hydroxyl groups is 1. The highest BCUT2D eigenvalue weighted by molar-refractivity contribution is 6.01. The number of allylic oxidation sites excluding steroid dienone is 4. The van der Waals surface area contributed by atoms with Gasteiger partial charge in [-0.3, -0.25) is 9.59 Å². The Labute approximate surface area is 252 Å². The van der Waals surface area contributed by atoms with Crippen LogP contribution in [0.25, 0.3) is 0 Å². The summed E-state index contributed by atoms with van der Waals surface area (Å²) in [6.45, 7) is 5.49. The Bertz CT molecular complexity index is 1560. The molecule has 7 heteroatoms. The Morgan fingerprint density at radius 3 is 2.70 bits per heavy atom. The van der Waals surface area contributed by atoms with Crippen molar-refractivity contribution in [2.75, 3.05) is 6.61 Å². The first-order chi connectivity index (χ1) is 20.5. The van der Waals surface area contributed by atoms with Crippen molar-refractivity contribution in [2.45, 2.75) is 77.0 Å². The number of hydrogen-bond donors (Lipinski definition) is 3. The highest BCUT2D eigenvalue weighted by atomic mass is 16.7. The third kappa shape index (κ3) is 4.08. The van der Waals surface area contributed by atoms with E-state index in [2.05, 4.69) is 13.0 Å². The van der Waals surface area contributed by atoms with Gasteiger partial charge in [-0.15, -0.1) is 0 Å². The molecule has 1 heterocycles. The van der Waals surface area contributed by atoms with Gasteiger partial charge in [0, 0.05) is 28.7 Å². The Kier molecular flexibility index (Phi) is 6.64. The molecular formula is C36H40O7. The summed E-state index contributed by atoms with van der Waals surface area (Å²) in [6, 6.07) is 13.5. The zero-order valence-corrected chi connectivity index (χ0v) is 25.0. The summed E-state index contributed by atoms with van der Waals surface area (Å²) in [5, 5.41) is 33.0. The number of aliphatic hydroxyl groups excluding tert-OH is 2. The first kappa shape index (κ1) is 28.7. The maximum atomic E-state index is 13.8. The molecule has 2 aromatic carbocycles. The average Bonchev–Trinajstić information content (AvgIpc) is 3.47. The molecule has 4 fully saturated rings. The molecule has 9 atom stereocenters. The van der Waals surface area contributed by atoms with E-state index in [4.69, 9.17) is 9.47 Å². The second-order valence-corrected chi connectivity index (χ2v) is 13.9. The molecule has 4 aliphatic carbocycles. The summed E-state index contributed by atoms with van der Waals surface area (Å²) in [7, 11) is 0. The third-order valence-corrected chi connectivity index (χ3v) is 11.7. The fourth-order valence-electron chi connectivity index (χ4n) is 9.75. The molecule has 7 nitrogen and oxygen atoms in total. The van der Waals surface area contributed by atoms with E-state index in [0.29, 0.717) is 24.8 Å². The van der Waals surface area contributed by atoms with Crippen LogP contribution in [0, 0.1) is 35.5 Å². The molecule has 0 unspecified atom stereocenters. The first-order valence-corrected chi connectivity index (χ1v) is 15.5. The number of carbonyl (C=O) groups is 2. The number of benzene rings is 2. The van der Waals surface area contributed by atoms with E-state index in [1.807, 2.05) is 50.3 Å². The molecular weight excluding hydrogens is 544 g/mol. The van der Waals surface area contributed by atoms with E-state index in [1.165, 1.54) is 0 Å². The van der Waals surface area contributed by atoms with Crippen LogP contribution in [0.3, 0.4) is 0 Å². The molecule has 3 saturated carbocycles. The van der Waals surface area contributed by atoms with Crippen molar-refractivity contribution >= 4 is 11.6 Å². The van der Waals surface area contributed by atoms with Crippen LogP contribution < -0.4 is 0 Å². The van der Waals surface area contributed by atoms with Gasteiger partial charge in [0.2, 0.25) is 0 Å². The lowest BCUT2D eigenvalue weighted by atomic mass is 9.46. The predicted octanol–water partition coefficient (Wildman–Crippen LogP) is 4.89. The molecule has 226 valence electrons. The largest absolute Gasteiger partial charge is 0.508 e. The Morgan fingerprint density at radius 1 is 1.14 bits per heavy atom. The van der Waals surface area contributed by atoms with Crippen LogP contribution in [-0.4, -0.2) is 51.3 Å². The number of phenolic OH excluding ortho intramolecular Hbond substituents is 1. The number of aryl methyl sites for hydroxylation is 1. The maximum absolute atomic E-state index is 13.8. The van der Waals surface area contributed by atoms with Crippen LogP contribution in [0.15, 0.2) is 66.3 Å². The molecule has 1 saturated heterocycles. The van der Waals surface area contributed by atoms with Crippen molar-refractivity contribution < 1.29 is 34.4 Å². The lowest BCUT2D eigenvalue weighted by Crippen LogP contribution is -2.63. The van der Waals surface area contributed by atoms with Crippen LogP contribution in [0.5, 0.6) is 5.75 Å². The SMILES string of the molecule is Cc1cccc(Cc2ccc([C@@H]3O[C@@H]4C[C@H]5[C@@H]6CCC7=CC(=O)C=C[C@]7(C)[C@H]6[C@@H](O)C[C@]5(C)[C@]4(C(=O)CO)O3)cc2O)c1. The Hall–Kier alpha value is -3.10. The van der Waals surface area contributed by atoms with Gasteiger partial charge in [0.15, 0.2) is 23.5 Å². The van der Waals surface area contributed by atoms with Gasteiger partial charge >= 0.3 is 0 Å². The van der Waals surface area contributed by atoms with Gasteiger partial charge in [-0.2, -0.15) is 0 Å². The maximum Gasteiger partial charge on any atom is 0.193 e. The molecule has 3 N–H and O–H groups in total. The summed E-state index contributed by atoms with van der Waals surface area (Å²) in [4.78, 5) is 25.9. The van der Waals surface area contributed by atoms with Gasteiger partial charge in [-0.05, 0) is 73.8 Å². The third-order valence-electron chi connectivity index (χ3n) is 11.7. The number of Topliss-reactive ketones (excluding diaryl/α,β-unsaturated/α-hetero) is 1. The number of phenols is 1. The van der Waals surface area contributed by atoms with Crippen LogP contribution in [0.1, 0.15) is 68.1 Å². The van der Waals surface area contributed by atoms with Crippen molar-refractivity contribution in [3.63, 3.8) is 0 Å². The number of hydrogen-bond acceptors (Lipinski definition) is 7. The quantitative estimate of drug-likeness (QED) is 0.459. The molecule has 0 radical (unpaired) electrons. The highest BCUT2D eigenvalue weighted by Crippen LogP contribution is 2.70. The normalized spacial score (nSPS) is 39.5. The average molecular weight is 585 g/mol. The molecule has 0 spiro atoms. The van der Waals surface area contributed by atoms with E-state index in [1.54, 1.807) is 18.2 Å². The Balaban J connectivity index is 1.19. The minimum Gasteiger partial charge on any atom is -0.508 e. The summed E-state index contributed by atoms with van der Waals surface area (Å²) in [6.07, 6.45) is 6.14. The van der Waals surface area contributed by atoms with Crippen LogP contribution in [0.2, 0.25) is 0 Å². The topological polar surface area (TPSA) is 113 Å². The molecule has 2 aromatic rings. The summed E-state index contributed by atoms with van der Waals surface area (Å²) < 4.78 is 13.2. The van der Waals surface area contributed by atoms with Crippen molar-refractivity contribution in [3.05, 3.63) is 88.5 Å². The summed E-state index contributed by atoms with van der Waals surface area (Å²) >= 11 is 0. The van der Waals surface area contributed by atoms with Gasteiger partial charge < -0.3 is 24.8 Å². The molecule has 1 aliphatic heterocycles. The van der Waals surface area contributed by atoms with Gasteiger partial charge in [0.1, 0.15) is 12.4 Å². The van der Waals surface area contributed by atoms with Crippen molar-refractivity contribution in [1.82, 2.24) is 0 Å². The van der Waals surface area contributed by atoms with Gasteiger partial charge in [0.05, 0.1) is 12.2 Å². The molecule has 0 aromatic heterocycles. The number of ether oxygens (including phenoxy) is 2. The summed E-state index contributed by atoms with van der Waals surface area (Å²) in [5.41, 5.74) is 2.09. The van der Waals surface area contributed by atoms with E-state index >= 15 is 0 Å². The van der Waals surface area contributed by atoms with E-state index in [-0.39, 0.29) is 29.3 Å². The monoisotopic (exact) mass is 584 g/mol. The molecule has 7 rings (SSSR count). The predicted molar refractivity (Wildman–Crippen MR) is 159 cm³/mol. The number of aliphatic hydroxyl groups is 2. The molecule has 0 amide bonds. The van der Waals surface area contributed by atoms with E-state index in [0.717, 1.165) is 35.1 Å². The van der Waals surface area contributed by atoms with Crippen LogP contribution >= 0.6 is 0 Å². The van der Waals surface area contributed by atoms with Gasteiger partial charge in [-0.1, -0.05) is 67.5 Å². The van der Waals surface area contributed by atoms with Crippen molar-refractivity contribution in [1.29, 1.82) is 0 Å². The molecule has 0 bridgehead atoms. The van der Waals surface area contributed by atoms with Crippen LogP contribution in [-0.2, 0) is 25.5 Å². The minimum absolute atomic E-state index is 0.00831. The Morgan fingerprint density at radius 2 is 1.95 bits per heavy atom. The van der Waals surface area contributed by atoms with Gasteiger partial charge in [0.25, 0.3) is 0 Å². The molecule has 43 heavy (non-hydrogen) atoms. The summed E-state index contributed by atoms with van der Waals surface area (Å²) in [5.74, 6) is -0.282. The smallest absolute Gasteiger partial charge is 0.193 e. The zero-order valence-electron chi connectivity index (χ0n) is 25.0. The first-order valence-electron chi connectivity index (χ1n) is 15.5. The van der Waals surface area contributed by atoms with E-state index < -0.39 is 47.3 Å². The molecule has 5 aliphatic rings. The lowest BCUT2D eigenvalue weighted by Gasteiger charge is -2.59. The van der Waals surface area contributed by atoms with E-state index in [9.17, 15) is 24.9 Å². The van der Waals surface area contributed by atoms with Gasteiger partial charge in [-0.25, -0.2) is 0 Å².